The molecule has 136 valence electrons. The van der Waals surface area contributed by atoms with Crippen LogP contribution in [-0.4, -0.2) is 44.8 Å². The Balaban J connectivity index is 1.99. The van der Waals surface area contributed by atoms with E-state index in [-0.39, 0.29) is 12.3 Å². The number of nitrogens with zero attached hydrogens (tertiary/aromatic N) is 1. The highest BCUT2D eigenvalue weighted by Gasteiger charge is 2.33. The molecule has 0 unspecified atom stereocenters. The highest BCUT2D eigenvalue weighted by atomic mass is 79.9. The summed E-state index contributed by atoms with van der Waals surface area (Å²) in [6.45, 7) is 6.68. The first-order chi connectivity index (χ1) is 12.0. The third kappa shape index (κ3) is 5.55. The van der Waals surface area contributed by atoms with Crippen molar-refractivity contribution >= 4 is 28.1 Å². The summed E-state index contributed by atoms with van der Waals surface area (Å²) in [4.78, 5) is 11.9. The molecule has 1 aliphatic heterocycles. The van der Waals surface area contributed by atoms with Gasteiger partial charge in [-0.05, 0) is 40.5 Å². The van der Waals surface area contributed by atoms with Gasteiger partial charge in [0.15, 0.2) is 17.3 Å². The number of carbonyl (C=O) groups is 1. The van der Waals surface area contributed by atoms with Gasteiger partial charge in [-0.1, -0.05) is 12.7 Å². The average molecular weight is 413 g/mol. The molecule has 1 N–H and O–H groups in total. The van der Waals surface area contributed by atoms with E-state index in [0.29, 0.717) is 35.8 Å². The fourth-order valence-electron chi connectivity index (χ4n) is 2.27. The van der Waals surface area contributed by atoms with Crippen molar-refractivity contribution in [2.45, 2.75) is 19.1 Å². The molecule has 0 saturated carbocycles. The first-order valence-corrected chi connectivity index (χ1v) is 8.48. The molecule has 2 rings (SSSR count). The van der Waals surface area contributed by atoms with Crippen molar-refractivity contribution in [2.24, 2.45) is 5.10 Å². The standard InChI is InChI=1S/C17H21BrN2O5/c1-4-5-23-16-13(18)8-12(9-14(16)22-3)11-19-20-15(21)10-17(2)24-6-7-25-17/h4,8-9,11H,1,5-7,10H2,2-3H3,(H,20,21)/b19-11+. The third-order valence-corrected chi connectivity index (χ3v) is 3.97. The van der Waals surface area contributed by atoms with E-state index in [1.54, 1.807) is 32.2 Å². The molecule has 1 aromatic carbocycles. The van der Waals surface area contributed by atoms with Gasteiger partial charge in [-0.3, -0.25) is 4.79 Å². The number of methoxy groups -OCH3 is 1. The van der Waals surface area contributed by atoms with Gasteiger partial charge in [-0.15, -0.1) is 0 Å². The maximum Gasteiger partial charge on any atom is 0.245 e. The summed E-state index contributed by atoms with van der Waals surface area (Å²) >= 11 is 3.43. The van der Waals surface area contributed by atoms with Crippen LogP contribution in [0, 0.1) is 0 Å². The van der Waals surface area contributed by atoms with Gasteiger partial charge in [0.05, 0.1) is 37.4 Å². The van der Waals surface area contributed by atoms with Crippen LogP contribution in [0.4, 0.5) is 0 Å². The van der Waals surface area contributed by atoms with Crippen LogP contribution < -0.4 is 14.9 Å². The molecule has 0 atom stereocenters. The lowest BCUT2D eigenvalue weighted by molar-refractivity contribution is -0.159. The molecule has 0 radical (unpaired) electrons. The lowest BCUT2D eigenvalue weighted by Crippen LogP contribution is -2.33. The number of nitrogens with one attached hydrogen (secondary N) is 1. The number of rotatable bonds is 8. The second-order valence-corrected chi connectivity index (χ2v) is 6.29. The van der Waals surface area contributed by atoms with E-state index in [4.69, 9.17) is 18.9 Å². The lowest BCUT2D eigenvalue weighted by Gasteiger charge is -2.20. The Kier molecular flexibility index (Phi) is 6.98. The van der Waals surface area contributed by atoms with Crippen molar-refractivity contribution in [1.82, 2.24) is 5.43 Å². The van der Waals surface area contributed by atoms with Gasteiger partial charge in [-0.2, -0.15) is 5.10 Å². The number of ether oxygens (including phenoxy) is 4. The van der Waals surface area contributed by atoms with Gasteiger partial charge in [0.1, 0.15) is 6.61 Å². The molecule has 1 saturated heterocycles. The molecule has 0 aromatic heterocycles. The highest BCUT2D eigenvalue weighted by molar-refractivity contribution is 9.10. The molecule has 8 heteroatoms. The van der Waals surface area contributed by atoms with E-state index in [1.165, 1.54) is 6.21 Å². The van der Waals surface area contributed by atoms with Crippen LogP contribution in [-0.2, 0) is 14.3 Å². The van der Waals surface area contributed by atoms with E-state index >= 15 is 0 Å². The number of halogens is 1. The second-order valence-electron chi connectivity index (χ2n) is 5.43. The van der Waals surface area contributed by atoms with Gasteiger partial charge in [0, 0.05) is 0 Å². The maximum atomic E-state index is 11.9. The van der Waals surface area contributed by atoms with Gasteiger partial charge < -0.3 is 18.9 Å². The Morgan fingerprint density at radius 1 is 1.48 bits per heavy atom. The first kappa shape index (κ1) is 19.4. The largest absolute Gasteiger partial charge is 0.493 e. The Bertz CT molecular complexity index is 657. The van der Waals surface area contributed by atoms with E-state index in [0.717, 1.165) is 5.56 Å². The fourth-order valence-corrected chi connectivity index (χ4v) is 2.84. The van der Waals surface area contributed by atoms with Crippen molar-refractivity contribution in [3.05, 3.63) is 34.8 Å². The Morgan fingerprint density at radius 2 is 2.20 bits per heavy atom. The molecule has 1 amide bonds. The second kappa shape index (κ2) is 8.98. The molecular formula is C17H21BrN2O5. The van der Waals surface area contributed by atoms with E-state index in [2.05, 4.69) is 33.0 Å². The van der Waals surface area contributed by atoms with Crippen molar-refractivity contribution < 1.29 is 23.7 Å². The van der Waals surface area contributed by atoms with Crippen LogP contribution in [0.2, 0.25) is 0 Å². The minimum Gasteiger partial charge on any atom is -0.493 e. The Labute approximate surface area is 155 Å². The molecule has 25 heavy (non-hydrogen) atoms. The quantitative estimate of drug-likeness (QED) is 0.403. The summed E-state index contributed by atoms with van der Waals surface area (Å²) in [7, 11) is 1.55. The predicted molar refractivity (Wildman–Crippen MR) is 97.0 cm³/mol. The zero-order valence-electron chi connectivity index (χ0n) is 14.2. The lowest BCUT2D eigenvalue weighted by atomic mass is 10.2. The predicted octanol–water partition coefficient (Wildman–Crippen LogP) is 2.63. The molecule has 1 fully saturated rings. The molecule has 7 nitrogen and oxygen atoms in total. The van der Waals surface area contributed by atoms with Crippen molar-refractivity contribution in [2.75, 3.05) is 26.9 Å². The summed E-state index contributed by atoms with van der Waals surface area (Å²) in [6, 6.07) is 3.56. The van der Waals surface area contributed by atoms with Crippen LogP contribution in [0.25, 0.3) is 0 Å². The van der Waals surface area contributed by atoms with Crippen molar-refractivity contribution in [3.63, 3.8) is 0 Å². The number of carbonyl (C=O) groups excluding carboxylic acids is 1. The summed E-state index contributed by atoms with van der Waals surface area (Å²) < 4.78 is 22.4. The van der Waals surface area contributed by atoms with Crippen LogP contribution in [0.3, 0.4) is 0 Å². The molecular weight excluding hydrogens is 392 g/mol. The fraction of sp³-hybridized carbons (Fsp3) is 0.412. The normalized spacial score (nSPS) is 16.0. The topological polar surface area (TPSA) is 78.4 Å². The summed E-state index contributed by atoms with van der Waals surface area (Å²) in [5, 5.41) is 3.95. The third-order valence-electron chi connectivity index (χ3n) is 3.38. The van der Waals surface area contributed by atoms with E-state index in [1.807, 2.05) is 0 Å². The zero-order valence-corrected chi connectivity index (χ0v) is 15.8. The van der Waals surface area contributed by atoms with Crippen LogP contribution in [0.1, 0.15) is 18.9 Å². The molecule has 1 heterocycles. The van der Waals surface area contributed by atoms with Gasteiger partial charge in [-0.25, -0.2) is 5.43 Å². The minimum atomic E-state index is -0.879. The van der Waals surface area contributed by atoms with Gasteiger partial charge in [0.25, 0.3) is 0 Å². The summed E-state index contributed by atoms with van der Waals surface area (Å²) in [6.07, 6.45) is 3.24. The van der Waals surface area contributed by atoms with Crippen molar-refractivity contribution in [3.8, 4) is 11.5 Å². The minimum absolute atomic E-state index is 0.0751. The van der Waals surface area contributed by atoms with Crippen LogP contribution >= 0.6 is 15.9 Å². The summed E-state index contributed by atoms with van der Waals surface area (Å²) in [5.74, 6) is -0.0513. The molecule has 0 spiro atoms. The van der Waals surface area contributed by atoms with Crippen LogP contribution in [0.15, 0.2) is 34.4 Å². The summed E-state index contributed by atoms with van der Waals surface area (Å²) in [5.41, 5.74) is 3.19. The van der Waals surface area contributed by atoms with Crippen LogP contribution in [0.5, 0.6) is 11.5 Å². The van der Waals surface area contributed by atoms with E-state index < -0.39 is 5.79 Å². The average Bonchev–Trinajstić information content (AvgIpc) is 2.99. The van der Waals surface area contributed by atoms with E-state index in [9.17, 15) is 4.79 Å². The molecule has 1 aromatic rings. The van der Waals surface area contributed by atoms with Gasteiger partial charge in [0.2, 0.25) is 5.91 Å². The smallest absolute Gasteiger partial charge is 0.245 e. The number of hydrazone groups is 1. The number of hydrogen-bond donors (Lipinski definition) is 1. The highest BCUT2D eigenvalue weighted by Crippen LogP contribution is 2.36. The Hall–Kier alpha value is -1.90. The molecule has 0 aliphatic carbocycles. The SMILES string of the molecule is C=CCOc1c(Br)cc(/C=N/NC(=O)CC2(C)OCCO2)cc1OC. The number of benzene rings is 1. The molecule has 0 bridgehead atoms. The molecule has 1 aliphatic rings. The maximum absolute atomic E-state index is 11.9. The zero-order chi connectivity index (χ0) is 18.3. The number of hydrogen-bond acceptors (Lipinski definition) is 6. The Morgan fingerprint density at radius 3 is 2.84 bits per heavy atom. The monoisotopic (exact) mass is 412 g/mol. The van der Waals surface area contributed by atoms with Crippen molar-refractivity contribution in [1.29, 1.82) is 0 Å². The van der Waals surface area contributed by atoms with Gasteiger partial charge >= 0.3 is 0 Å². The first-order valence-electron chi connectivity index (χ1n) is 7.68. The number of amides is 1.